The van der Waals surface area contributed by atoms with Crippen molar-refractivity contribution in [1.82, 2.24) is 5.32 Å². The molecule has 88 valence electrons. The summed E-state index contributed by atoms with van der Waals surface area (Å²) in [6.45, 7) is 5.22. The molecule has 1 aromatic rings. The number of ether oxygens (including phenoxy) is 2. The first-order valence-corrected chi connectivity index (χ1v) is 6.26. The second-order valence-electron chi connectivity index (χ2n) is 3.92. The van der Waals surface area contributed by atoms with Crippen LogP contribution in [0.2, 0.25) is 0 Å². The Morgan fingerprint density at radius 3 is 3.19 bits per heavy atom. The van der Waals surface area contributed by atoms with Crippen LogP contribution >= 0.6 is 15.9 Å². The second-order valence-corrected chi connectivity index (χ2v) is 4.83. The largest absolute Gasteiger partial charge is 0.491 e. The molecule has 1 atom stereocenters. The summed E-state index contributed by atoms with van der Waals surface area (Å²) < 4.78 is 12.4. The molecule has 1 N–H and O–H groups in total. The molecule has 1 aliphatic rings. The number of hydrogen-bond acceptors (Lipinski definition) is 3. The Kier molecular flexibility index (Phi) is 4.21. The van der Waals surface area contributed by atoms with Gasteiger partial charge in [-0.05, 0) is 24.6 Å². The molecule has 0 amide bonds. The Labute approximate surface area is 104 Å². The van der Waals surface area contributed by atoms with Gasteiger partial charge in [-0.25, -0.2) is 0 Å². The maximum Gasteiger partial charge on any atom is 0.123 e. The number of halogens is 1. The molecule has 1 fully saturated rings. The SMILES string of the molecule is Cc1ccc(Br)cc1OCC1CNCCO1. The van der Waals surface area contributed by atoms with E-state index in [2.05, 4.69) is 21.2 Å². The monoisotopic (exact) mass is 285 g/mol. The topological polar surface area (TPSA) is 30.5 Å². The van der Waals surface area contributed by atoms with E-state index >= 15 is 0 Å². The fourth-order valence-electron chi connectivity index (χ4n) is 1.64. The number of hydrogen-bond donors (Lipinski definition) is 1. The third-order valence-corrected chi connectivity index (χ3v) is 3.07. The van der Waals surface area contributed by atoms with Crippen molar-refractivity contribution in [3.05, 3.63) is 28.2 Å². The van der Waals surface area contributed by atoms with E-state index < -0.39 is 0 Å². The minimum atomic E-state index is 0.159. The van der Waals surface area contributed by atoms with Gasteiger partial charge in [0, 0.05) is 17.6 Å². The van der Waals surface area contributed by atoms with Crippen molar-refractivity contribution in [3.8, 4) is 5.75 Å². The average Bonchev–Trinajstić information content (AvgIpc) is 2.32. The maximum atomic E-state index is 5.76. The van der Waals surface area contributed by atoms with Gasteiger partial charge in [-0.15, -0.1) is 0 Å². The molecule has 3 nitrogen and oxygen atoms in total. The summed E-state index contributed by atoms with van der Waals surface area (Å²) in [5.74, 6) is 0.920. The predicted octanol–water partition coefficient (Wildman–Crippen LogP) is 2.12. The molecule has 1 saturated heterocycles. The third kappa shape index (κ3) is 3.20. The van der Waals surface area contributed by atoms with Gasteiger partial charge in [0.05, 0.1) is 6.61 Å². The van der Waals surface area contributed by atoms with Crippen LogP contribution in [-0.4, -0.2) is 32.4 Å². The minimum Gasteiger partial charge on any atom is -0.491 e. The van der Waals surface area contributed by atoms with Crippen LogP contribution in [0.15, 0.2) is 22.7 Å². The lowest BCUT2D eigenvalue weighted by Crippen LogP contribution is -2.41. The van der Waals surface area contributed by atoms with E-state index in [-0.39, 0.29) is 6.10 Å². The summed E-state index contributed by atoms with van der Waals surface area (Å²) in [6.07, 6.45) is 0.159. The highest BCUT2D eigenvalue weighted by Gasteiger charge is 2.14. The van der Waals surface area contributed by atoms with Crippen molar-refractivity contribution in [1.29, 1.82) is 0 Å². The van der Waals surface area contributed by atoms with Crippen molar-refractivity contribution < 1.29 is 9.47 Å². The Morgan fingerprint density at radius 1 is 1.56 bits per heavy atom. The number of morpholine rings is 1. The highest BCUT2D eigenvalue weighted by molar-refractivity contribution is 9.10. The van der Waals surface area contributed by atoms with Gasteiger partial charge in [0.25, 0.3) is 0 Å². The zero-order valence-electron chi connectivity index (χ0n) is 9.33. The minimum absolute atomic E-state index is 0.159. The lowest BCUT2D eigenvalue weighted by Gasteiger charge is -2.24. The van der Waals surface area contributed by atoms with Gasteiger partial charge in [-0.3, -0.25) is 0 Å². The van der Waals surface area contributed by atoms with Crippen LogP contribution in [0, 0.1) is 6.92 Å². The van der Waals surface area contributed by atoms with Crippen LogP contribution in [0.4, 0.5) is 0 Å². The van der Waals surface area contributed by atoms with Crippen LogP contribution in [0.3, 0.4) is 0 Å². The summed E-state index contributed by atoms with van der Waals surface area (Å²) in [6, 6.07) is 6.05. The summed E-state index contributed by atoms with van der Waals surface area (Å²) in [5.41, 5.74) is 1.15. The molecule has 0 bridgehead atoms. The Hall–Kier alpha value is -0.580. The first-order chi connectivity index (χ1) is 7.75. The van der Waals surface area contributed by atoms with Gasteiger partial charge in [-0.2, -0.15) is 0 Å². The molecule has 0 aromatic heterocycles. The van der Waals surface area contributed by atoms with Gasteiger partial charge < -0.3 is 14.8 Å². The summed E-state index contributed by atoms with van der Waals surface area (Å²) in [5, 5.41) is 3.28. The summed E-state index contributed by atoms with van der Waals surface area (Å²) >= 11 is 3.44. The molecule has 0 radical (unpaired) electrons. The first kappa shape index (κ1) is 11.9. The quantitative estimate of drug-likeness (QED) is 0.923. The van der Waals surface area contributed by atoms with Crippen LogP contribution in [0.25, 0.3) is 0 Å². The average molecular weight is 286 g/mol. The van der Waals surface area contributed by atoms with E-state index in [9.17, 15) is 0 Å². The van der Waals surface area contributed by atoms with E-state index in [0.29, 0.717) is 6.61 Å². The van der Waals surface area contributed by atoms with Crippen LogP contribution in [0.1, 0.15) is 5.56 Å². The zero-order chi connectivity index (χ0) is 11.4. The van der Waals surface area contributed by atoms with Gasteiger partial charge in [0.2, 0.25) is 0 Å². The molecule has 1 unspecified atom stereocenters. The fraction of sp³-hybridized carbons (Fsp3) is 0.500. The lowest BCUT2D eigenvalue weighted by molar-refractivity contribution is 0.0000555. The van der Waals surface area contributed by atoms with Crippen LogP contribution in [-0.2, 0) is 4.74 Å². The van der Waals surface area contributed by atoms with E-state index in [0.717, 1.165) is 35.5 Å². The van der Waals surface area contributed by atoms with Crippen LogP contribution < -0.4 is 10.1 Å². The number of nitrogens with one attached hydrogen (secondary N) is 1. The molecule has 1 aromatic carbocycles. The van der Waals surface area contributed by atoms with Gasteiger partial charge in [-0.1, -0.05) is 22.0 Å². The number of benzene rings is 1. The van der Waals surface area contributed by atoms with Crippen molar-refractivity contribution in [3.63, 3.8) is 0 Å². The van der Waals surface area contributed by atoms with Crippen molar-refractivity contribution >= 4 is 15.9 Å². The van der Waals surface area contributed by atoms with Gasteiger partial charge in [0.15, 0.2) is 0 Å². The van der Waals surface area contributed by atoms with Gasteiger partial charge >= 0.3 is 0 Å². The molecular formula is C12H16BrNO2. The van der Waals surface area contributed by atoms with Gasteiger partial charge in [0.1, 0.15) is 18.5 Å². The Bertz CT molecular complexity index is 351. The molecule has 0 spiro atoms. The first-order valence-electron chi connectivity index (χ1n) is 5.47. The van der Waals surface area contributed by atoms with Crippen molar-refractivity contribution in [2.24, 2.45) is 0 Å². The van der Waals surface area contributed by atoms with E-state index in [1.165, 1.54) is 0 Å². The van der Waals surface area contributed by atoms with E-state index in [4.69, 9.17) is 9.47 Å². The Balaban J connectivity index is 1.90. The van der Waals surface area contributed by atoms with Crippen molar-refractivity contribution in [2.45, 2.75) is 13.0 Å². The number of aryl methyl sites for hydroxylation is 1. The second kappa shape index (κ2) is 5.66. The Morgan fingerprint density at radius 2 is 2.44 bits per heavy atom. The lowest BCUT2D eigenvalue weighted by atomic mass is 10.2. The molecule has 16 heavy (non-hydrogen) atoms. The zero-order valence-corrected chi connectivity index (χ0v) is 10.9. The molecular weight excluding hydrogens is 270 g/mol. The normalized spacial score (nSPS) is 20.8. The molecule has 0 saturated carbocycles. The number of rotatable bonds is 3. The molecule has 1 heterocycles. The fourth-order valence-corrected chi connectivity index (χ4v) is 1.98. The molecule has 0 aliphatic carbocycles. The van der Waals surface area contributed by atoms with E-state index in [1.54, 1.807) is 0 Å². The third-order valence-electron chi connectivity index (χ3n) is 2.58. The highest BCUT2D eigenvalue weighted by atomic mass is 79.9. The summed E-state index contributed by atoms with van der Waals surface area (Å²) in [7, 11) is 0. The summed E-state index contributed by atoms with van der Waals surface area (Å²) in [4.78, 5) is 0. The standard InChI is InChI=1S/C12H16BrNO2/c1-9-2-3-10(13)6-12(9)16-8-11-7-14-4-5-15-11/h2-3,6,11,14H,4-5,7-8H2,1H3. The molecule has 4 heteroatoms. The molecule has 2 rings (SSSR count). The van der Waals surface area contributed by atoms with E-state index in [1.807, 2.05) is 25.1 Å². The predicted molar refractivity (Wildman–Crippen MR) is 67.0 cm³/mol. The maximum absolute atomic E-state index is 5.76. The smallest absolute Gasteiger partial charge is 0.123 e. The highest BCUT2D eigenvalue weighted by Crippen LogP contribution is 2.23. The van der Waals surface area contributed by atoms with Crippen molar-refractivity contribution in [2.75, 3.05) is 26.3 Å². The van der Waals surface area contributed by atoms with Crippen LogP contribution in [0.5, 0.6) is 5.75 Å². The molecule has 1 aliphatic heterocycles.